The van der Waals surface area contributed by atoms with Gasteiger partial charge in [-0.15, -0.1) is 11.8 Å². The molecule has 2 unspecified atom stereocenters. The van der Waals surface area contributed by atoms with Crippen molar-refractivity contribution in [2.75, 3.05) is 37.3 Å². The molecule has 6 heteroatoms. The first-order valence-electron chi connectivity index (χ1n) is 8.05. The summed E-state index contributed by atoms with van der Waals surface area (Å²) in [7, 11) is 0. The fourth-order valence-electron chi connectivity index (χ4n) is 3.29. The second-order valence-electron chi connectivity index (χ2n) is 6.19. The maximum Gasteiger partial charge on any atom is 0.228 e. The molecule has 5 nitrogen and oxygen atoms in total. The molecule has 124 valence electrons. The molecule has 2 fully saturated rings. The Kier molecular flexibility index (Phi) is 4.92. The van der Waals surface area contributed by atoms with Gasteiger partial charge in [0.2, 0.25) is 11.8 Å². The molecule has 23 heavy (non-hydrogen) atoms. The van der Waals surface area contributed by atoms with Crippen LogP contribution >= 0.6 is 11.8 Å². The van der Waals surface area contributed by atoms with E-state index in [0.29, 0.717) is 13.0 Å². The molecule has 2 aliphatic rings. The van der Waals surface area contributed by atoms with E-state index in [1.165, 1.54) is 4.90 Å². The molecule has 0 saturated carbocycles. The Morgan fingerprint density at radius 2 is 2.04 bits per heavy atom. The van der Waals surface area contributed by atoms with Crippen LogP contribution in [0.25, 0.3) is 0 Å². The van der Waals surface area contributed by atoms with Crippen molar-refractivity contribution in [1.82, 2.24) is 10.2 Å². The molecule has 0 aliphatic carbocycles. The summed E-state index contributed by atoms with van der Waals surface area (Å²) in [5, 5.41) is 3.29. The third-order valence-corrected chi connectivity index (χ3v) is 5.39. The molecule has 1 aromatic carbocycles. The quantitative estimate of drug-likeness (QED) is 0.854. The summed E-state index contributed by atoms with van der Waals surface area (Å²) in [6.07, 6.45) is 2.35. The van der Waals surface area contributed by atoms with E-state index in [4.69, 9.17) is 0 Å². The molecule has 2 amide bonds. The van der Waals surface area contributed by atoms with Crippen LogP contribution in [0.4, 0.5) is 5.69 Å². The first-order valence-corrected chi connectivity index (χ1v) is 9.28. The van der Waals surface area contributed by atoms with Gasteiger partial charge in [-0.1, -0.05) is 0 Å². The van der Waals surface area contributed by atoms with Gasteiger partial charge in [0.25, 0.3) is 0 Å². The fraction of sp³-hybridized carbons (Fsp3) is 0.529. The van der Waals surface area contributed by atoms with Crippen molar-refractivity contribution in [3.8, 4) is 0 Å². The molecule has 2 atom stereocenters. The number of thioether (sulfide) groups is 1. The highest BCUT2D eigenvalue weighted by molar-refractivity contribution is 7.98. The molecule has 2 saturated heterocycles. The second-order valence-corrected chi connectivity index (χ2v) is 7.07. The highest BCUT2D eigenvalue weighted by Crippen LogP contribution is 2.28. The highest BCUT2D eigenvalue weighted by Gasteiger charge is 2.38. The van der Waals surface area contributed by atoms with E-state index in [1.54, 1.807) is 16.7 Å². The Morgan fingerprint density at radius 1 is 1.30 bits per heavy atom. The van der Waals surface area contributed by atoms with Crippen LogP contribution in [0.15, 0.2) is 29.2 Å². The Bertz CT molecular complexity index is 590. The summed E-state index contributed by atoms with van der Waals surface area (Å²) in [6.45, 7) is 4.93. The van der Waals surface area contributed by atoms with Crippen LogP contribution in [-0.4, -0.2) is 55.2 Å². The van der Waals surface area contributed by atoms with Crippen molar-refractivity contribution in [3.63, 3.8) is 0 Å². The molecule has 2 aliphatic heterocycles. The highest BCUT2D eigenvalue weighted by atomic mass is 32.2. The predicted molar refractivity (Wildman–Crippen MR) is 92.7 cm³/mol. The van der Waals surface area contributed by atoms with Crippen molar-refractivity contribution in [3.05, 3.63) is 24.3 Å². The van der Waals surface area contributed by atoms with Gasteiger partial charge in [-0.3, -0.25) is 9.59 Å². The van der Waals surface area contributed by atoms with Gasteiger partial charge in [0.1, 0.15) is 0 Å². The lowest BCUT2D eigenvalue weighted by Gasteiger charge is -2.35. The smallest absolute Gasteiger partial charge is 0.228 e. The van der Waals surface area contributed by atoms with E-state index >= 15 is 0 Å². The standard InChI is InChI=1S/C17H23N3O2S/c1-12-10-18-7-8-19(12)17(22)13-9-16(21)20(11-13)14-3-5-15(23-2)6-4-14/h3-6,12-13,18H,7-11H2,1-2H3. The van der Waals surface area contributed by atoms with Gasteiger partial charge < -0.3 is 15.1 Å². The lowest BCUT2D eigenvalue weighted by molar-refractivity contribution is -0.138. The van der Waals surface area contributed by atoms with Gasteiger partial charge in [-0.05, 0) is 37.4 Å². The van der Waals surface area contributed by atoms with Crippen LogP contribution in [0, 0.1) is 5.92 Å². The summed E-state index contributed by atoms with van der Waals surface area (Å²) < 4.78 is 0. The van der Waals surface area contributed by atoms with E-state index in [0.717, 1.165) is 25.3 Å². The van der Waals surface area contributed by atoms with Crippen molar-refractivity contribution in [2.24, 2.45) is 5.92 Å². The number of hydrogen-bond acceptors (Lipinski definition) is 4. The van der Waals surface area contributed by atoms with Gasteiger partial charge in [0.15, 0.2) is 0 Å². The normalized spacial score (nSPS) is 25.0. The monoisotopic (exact) mass is 333 g/mol. The van der Waals surface area contributed by atoms with Crippen LogP contribution in [0.3, 0.4) is 0 Å². The molecule has 0 radical (unpaired) electrons. The third-order valence-electron chi connectivity index (χ3n) is 4.64. The minimum absolute atomic E-state index is 0.0445. The van der Waals surface area contributed by atoms with E-state index in [2.05, 4.69) is 12.2 Å². The molecule has 0 spiro atoms. The van der Waals surface area contributed by atoms with Crippen molar-refractivity contribution in [1.29, 1.82) is 0 Å². The van der Waals surface area contributed by atoms with Crippen LogP contribution in [0.5, 0.6) is 0 Å². The summed E-state index contributed by atoms with van der Waals surface area (Å²) in [4.78, 5) is 29.9. The average molecular weight is 333 g/mol. The van der Waals surface area contributed by atoms with E-state index < -0.39 is 0 Å². The summed E-state index contributed by atoms with van der Waals surface area (Å²) in [5.74, 6) is -0.0538. The number of carbonyl (C=O) groups excluding carboxylic acids is 2. The number of anilines is 1. The number of benzene rings is 1. The summed E-state index contributed by atoms with van der Waals surface area (Å²) in [6, 6.07) is 8.15. The fourth-order valence-corrected chi connectivity index (χ4v) is 3.70. The Labute approximate surface area is 141 Å². The lowest BCUT2D eigenvalue weighted by Crippen LogP contribution is -2.54. The molecular weight excluding hydrogens is 310 g/mol. The zero-order valence-corrected chi connectivity index (χ0v) is 14.4. The lowest BCUT2D eigenvalue weighted by atomic mass is 10.1. The zero-order valence-electron chi connectivity index (χ0n) is 13.6. The van der Waals surface area contributed by atoms with Crippen molar-refractivity contribution in [2.45, 2.75) is 24.3 Å². The molecule has 2 heterocycles. The maximum atomic E-state index is 12.7. The van der Waals surface area contributed by atoms with Gasteiger partial charge in [-0.25, -0.2) is 0 Å². The SMILES string of the molecule is CSc1ccc(N2CC(C(=O)N3CCNCC3C)CC2=O)cc1. The largest absolute Gasteiger partial charge is 0.337 e. The molecule has 0 bridgehead atoms. The number of carbonyl (C=O) groups is 2. The van der Waals surface area contributed by atoms with Crippen LogP contribution < -0.4 is 10.2 Å². The Morgan fingerprint density at radius 3 is 2.70 bits per heavy atom. The molecule has 0 aromatic heterocycles. The molecular formula is C17H23N3O2S. The van der Waals surface area contributed by atoms with Gasteiger partial charge in [0, 0.05) is 49.2 Å². The van der Waals surface area contributed by atoms with Crippen molar-refractivity contribution < 1.29 is 9.59 Å². The van der Waals surface area contributed by atoms with Crippen LogP contribution in [0.2, 0.25) is 0 Å². The summed E-state index contributed by atoms with van der Waals surface area (Å²) in [5.41, 5.74) is 0.886. The third kappa shape index (κ3) is 3.38. The second kappa shape index (κ2) is 6.93. The number of piperazine rings is 1. The number of amides is 2. The number of nitrogens with one attached hydrogen (secondary N) is 1. The maximum absolute atomic E-state index is 12.7. The number of nitrogens with zero attached hydrogens (tertiary/aromatic N) is 2. The average Bonchev–Trinajstić information content (AvgIpc) is 2.96. The van der Waals surface area contributed by atoms with Crippen molar-refractivity contribution >= 4 is 29.3 Å². The number of hydrogen-bond donors (Lipinski definition) is 1. The summed E-state index contributed by atoms with van der Waals surface area (Å²) >= 11 is 1.68. The Hall–Kier alpha value is -1.53. The van der Waals surface area contributed by atoms with Gasteiger partial charge >= 0.3 is 0 Å². The van der Waals surface area contributed by atoms with E-state index in [9.17, 15) is 9.59 Å². The minimum atomic E-state index is -0.219. The molecule has 1 N–H and O–H groups in total. The Balaban J connectivity index is 1.70. The van der Waals surface area contributed by atoms with Crippen LogP contribution in [0.1, 0.15) is 13.3 Å². The van der Waals surface area contributed by atoms with Crippen LogP contribution in [-0.2, 0) is 9.59 Å². The molecule has 3 rings (SSSR count). The van der Waals surface area contributed by atoms with Gasteiger partial charge in [0.05, 0.1) is 5.92 Å². The number of rotatable bonds is 3. The van der Waals surface area contributed by atoms with Gasteiger partial charge in [-0.2, -0.15) is 0 Å². The molecule has 1 aromatic rings. The minimum Gasteiger partial charge on any atom is -0.337 e. The zero-order chi connectivity index (χ0) is 16.4. The topological polar surface area (TPSA) is 52.7 Å². The van der Waals surface area contributed by atoms with E-state index in [-0.39, 0.29) is 23.8 Å². The predicted octanol–water partition coefficient (Wildman–Crippen LogP) is 1.58. The van der Waals surface area contributed by atoms with E-state index in [1.807, 2.05) is 35.4 Å². The first kappa shape index (κ1) is 16.3. The first-order chi connectivity index (χ1) is 11.1.